The summed E-state index contributed by atoms with van der Waals surface area (Å²) in [6, 6.07) is 19.0. The van der Waals surface area contributed by atoms with Crippen molar-refractivity contribution in [3.05, 3.63) is 65.7 Å². The molecule has 0 aromatic heterocycles. The van der Waals surface area contributed by atoms with Gasteiger partial charge >= 0.3 is 0 Å². The Labute approximate surface area is 109 Å². The number of rotatable bonds is 4. The van der Waals surface area contributed by atoms with Gasteiger partial charge in [-0.3, -0.25) is 0 Å². The number of methoxy groups -OCH3 is 1. The highest BCUT2D eigenvalue weighted by molar-refractivity contribution is 5.32. The highest BCUT2D eigenvalue weighted by atomic mass is 16.5. The predicted molar refractivity (Wildman–Crippen MR) is 76.3 cm³/mol. The van der Waals surface area contributed by atoms with E-state index in [0.717, 1.165) is 5.75 Å². The van der Waals surface area contributed by atoms with Crippen LogP contribution in [-0.4, -0.2) is 7.11 Å². The molecule has 0 spiro atoms. The SMILES string of the molecule is COc1ccc(C(C)C(C)c2ccccc2)cc1. The molecule has 2 aromatic carbocycles. The molecule has 0 aliphatic carbocycles. The number of ether oxygens (including phenoxy) is 1. The van der Waals surface area contributed by atoms with Gasteiger partial charge < -0.3 is 4.74 Å². The molecule has 0 fully saturated rings. The highest BCUT2D eigenvalue weighted by Crippen LogP contribution is 2.32. The minimum absolute atomic E-state index is 0.498. The van der Waals surface area contributed by atoms with Gasteiger partial charge in [0.25, 0.3) is 0 Å². The van der Waals surface area contributed by atoms with Gasteiger partial charge in [0.1, 0.15) is 5.75 Å². The molecule has 0 amide bonds. The van der Waals surface area contributed by atoms with Gasteiger partial charge in [-0.15, -0.1) is 0 Å². The molecule has 0 saturated heterocycles. The van der Waals surface area contributed by atoms with Crippen molar-refractivity contribution in [1.82, 2.24) is 0 Å². The second-order valence-electron chi connectivity index (χ2n) is 4.76. The van der Waals surface area contributed by atoms with Crippen molar-refractivity contribution >= 4 is 0 Å². The number of benzene rings is 2. The number of hydrogen-bond donors (Lipinski definition) is 0. The summed E-state index contributed by atoms with van der Waals surface area (Å²) in [5, 5.41) is 0. The van der Waals surface area contributed by atoms with Crippen LogP contribution in [0.1, 0.15) is 36.8 Å². The van der Waals surface area contributed by atoms with Crippen LogP contribution in [-0.2, 0) is 0 Å². The van der Waals surface area contributed by atoms with Gasteiger partial charge in [-0.05, 0) is 35.1 Å². The Morgan fingerprint density at radius 1 is 0.722 bits per heavy atom. The van der Waals surface area contributed by atoms with Gasteiger partial charge in [0.2, 0.25) is 0 Å². The lowest BCUT2D eigenvalue weighted by molar-refractivity contribution is 0.414. The first-order chi connectivity index (χ1) is 8.72. The zero-order chi connectivity index (χ0) is 13.0. The summed E-state index contributed by atoms with van der Waals surface area (Å²) in [6.45, 7) is 4.56. The molecular formula is C17H20O. The average molecular weight is 240 g/mol. The van der Waals surface area contributed by atoms with Gasteiger partial charge in [0.15, 0.2) is 0 Å². The van der Waals surface area contributed by atoms with E-state index in [1.54, 1.807) is 7.11 Å². The second-order valence-corrected chi connectivity index (χ2v) is 4.76. The maximum atomic E-state index is 5.19. The van der Waals surface area contributed by atoms with Crippen LogP contribution in [0.3, 0.4) is 0 Å². The maximum absolute atomic E-state index is 5.19. The normalized spacial score (nSPS) is 13.9. The first kappa shape index (κ1) is 12.7. The van der Waals surface area contributed by atoms with Gasteiger partial charge in [-0.2, -0.15) is 0 Å². The van der Waals surface area contributed by atoms with Crippen molar-refractivity contribution in [1.29, 1.82) is 0 Å². The third kappa shape index (κ3) is 2.73. The van der Waals surface area contributed by atoms with Crippen molar-refractivity contribution in [3.8, 4) is 5.75 Å². The summed E-state index contributed by atoms with van der Waals surface area (Å²) in [6.07, 6.45) is 0. The third-order valence-electron chi connectivity index (χ3n) is 3.72. The Kier molecular flexibility index (Phi) is 4.03. The van der Waals surface area contributed by atoms with E-state index in [1.165, 1.54) is 11.1 Å². The molecule has 0 aliphatic rings. The van der Waals surface area contributed by atoms with Crippen LogP contribution in [0.5, 0.6) is 5.75 Å². The van der Waals surface area contributed by atoms with E-state index >= 15 is 0 Å². The Hall–Kier alpha value is -1.76. The molecule has 1 nitrogen and oxygen atoms in total. The second kappa shape index (κ2) is 5.72. The fourth-order valence-corrected chi connectivity index (χ4v) is 2.24. The minimum atomic E-state index is 0.498. The van der Waals surface area contributed by atoms with E-state index < -0.39 is 0 Å². The van der Waals surface area contributed by atoms with Gasteiger partial charge in [-0.1, -0.05) is 56.3 Å². The molecule has 18 heavy (non-hydrogen) atoms. The Balaban J connectivity index is 2.17. The summed E-state index contributed by atoms with van der Waals surface area (Å²) >= 11 is 0. The van der Waals surface area contributed by atoms with Crippen LogP contribution < -0.4 is 4.74 Å². The largest absolute Gasteiger partial charge is 0.497 e. The topological polar surface area (TPSA) is 9.23 Å². The Morgan fingerprint density at radius 3 is 1.72 bits per heavy atom. The lowest BCUT2D eigenvalue weighted by Crippen LogP contribution is -2.04. The summed E-state index contributed by atoms with van der Waals surface area (Å²) in [5.41, 5.74) is 2.74. The summed E-state index contributed by atoms with van der Waals surface area (Å²) in [4.78, 5) is 0. The van der Waals surface area contributed by atoms with Crippen LogP contribution in [0.15, 0.2) is 54.6 Å². The van der Waals surface area contributed by atoms with Gasteiger partial charge in [-0.25, -0.2) is 0 Å². The van der Waals surface area contributed by atoms with Crippen molar-refractivity contribution in [2.45, 2.75) is 25.7 Å². The fourth-order valence-electron chi connectivity index (χ4n) is 2.24. The third-order valence-corrected chi connectivity index (χ3v) is 3.72. The molecule has 1 heteroatoms. The lowest BCUT2D eigenvalue weighted by Gasteiger charge is -2.21. The van der Waals surface area contributed by atoms with Crippen LogP contribution in [0, 0.1) is 0 Å². The molecule has 0 aliphatic heterocycles. The van der Waals surface area contributed by atoms with Crippen LogP contribution in [0.25, 0.3) is 0 Å². The molecule has 0 heterocycles. The minimum Gasteiger partial charge on any atom is -0.497 e. The van der Waals surface area contributed by atoms with E-state index in [9.17, 15) is 0 Å². The highest BCUT2D eigenvalue weighted by Gasteiger charge is 2.15. The molecular weight excluding hydrogens is 220 g/mol. The molecule has 0 radical (unpaired) electrons. The lowest BCUT2D eigenvalue weighted by atomic mass is 9.84. The molecule has 2 rings (SSSR count). The molecule has 0 saturated carbocycles. The summed E-state index contributed by atoms with van der Waals surface area (Å²) < 4.78 is 5.19. The van der Waals surface area contributed by atoms with E-state index in [2.05, 4.69) is 56.3 Å². The van der Waals surface area contributed by atoms with E-state index in [-0.39, 0.29) is 0 Å². The van der Waals surface area contributed by atoms with Crippen molar-refractivity contribution in [3.63, 3.8) is 0 Å². The van der Waals surface area contributed by atoms with Gasteiger partial charge in [0.05, 0.1) is 7.11 Å². The molecule has 0 N–H and O–H groups in total. The Morgan fingerprint density at radius 2 is 1.22 bits per heavy atom. The van der Waals surface area contributed by atoms with E-state index in [4.69, 9.17) is 4.74 Å². The molecule has 2 atom stereocenters. The quantitative estimate of drug-likeness (QED) is 0.758. The first-order valence-corrected chi connectivity index (χ1v) is 6.41. The van der Waals surface area contributed by atoms with Crippen LogP contribution >= 0.6 is 0 Å². The molecule has 2 aromatic rings. The van der Waals surface area contributed by atoms with Crippen LogP contribution in [0.4, 0.5) is 0 Å². The van der Waals surface area contributed by atoms with Crippen molar-refractivity contribution < 1.29 is 4.74 Å². The van der Waals surface area contributed by atoms with E-state index in [1.807, 2.05) is 12.1 Å². The van der Waals surface area contributed by atoms with E-state index in [0.29, 0.717) is 11.8 Å². The molecule has 94 valence electrons. The van der Waals surface area contributed by atoms with Gasteiger partial charge in [0, 0.05) is 0 Å². The smallest absolute Gasteiger partial charge is 0.118 e. The maximum Gasteiger partial charge on any atom is 0.118 e. The molecule has 0 bridgehead atoms. The first-order valence-electron chi connectivity index (χ1n) is 6.41. The summed E-state index contributed by atoms with van der Waals surface area (Å²) in [7, 11) is 1.70. The molecule has 2 unspecified atom stereocenters. The standard InChI is InChI=1S/C17H20O/c1-13(15-7-5-4-6-8-15)14(2)16-9-11-17(18-3)12-10-16/h4-14H,1-3H3. The van der Waals surface area contributed by atoms with Crippen LogP contribution in [0.2, 0.25) is 0 Å². The zero-order valence-electron chi connectivity index (χ0n) is 11.3. The van der Waals surface area contributed by atoms with Crippen molar-refractivity contribution in [2.24, 2.45) is 0 Å². The monoisotopic (exact) mass is 240 g/mol. The summed E-state index contributed by atoms with van der Waals surface area (Å²) in [5.74, 6) is 1.93. The average Bonchev–Trinajstić information content (AvgIpc) is 2.47. The Bertz CT molecular complexity index is 473. The van der Waals surface area contributed by atoms with Crippen molar-refractivity contribution in [2.75, 3.05) is 7.11 Å². The fraction of sp³-hybridized carbons (Fsp3) is 0.294. The number of hydrogen-bond acceptors (Lipinski definition) is 1. The predicted octanol–water partition coefficient (Wildman–Crippen LogP) is 4.60. The zero-order valence-corrected chi connectivity index (χ0v) is 11.3.